The molecule has 1 aliphatic carbocycles. The van der Waals surface area contributed by atoms with E-state index in [1.165, 1.54) is 19.0 Å². The van der Waals surface area contributed by atoms with E-state index in [1.807, 2.05) is 18.2 Å². The molecule has 6 rings (SSSR count). The minimum absolute atomic E-state index is 0.169. The van der Waals surface area contributed by atoms with E-state index < -0.39 is 5.92 Å². The molecule has 8 nitrogen and oxygen atoms in total. The molecule has 1 atom stereocenters. The number of benzene rings is 1. The molecule has 0 bridgehead atoms. The molecule has 2 aliphatic heterocycles. The summed E-state index contributed by atoms with van der Waals surface area (Å²) in [7, 11) is 1.74. The van der Waals surface area contributed by atoms with Crippen LogP contribution in [0.2, 0.25) is 5.02 Å². The van der Waals surface area contributed by atoms with Gasteiger partial charge < -0.3 is 24.8 Å². The second kappa shape index (κ2) is 8.76. The zero-order valence-corrected chi connectivity index (χ0v) is 20.6. The molecular formula is C25H27ClF2N6O2. The number of fused-ring (bicyclic) bond motifs is 3. The number of hydrogen-bond acceptors (Lipinski definition) is 7. The number of aromatic nitrogens is 3. The highest BCUT2D eigenvalue weighted by Gasteiger charge is 2.35. The minimum Gasteiger partial charge on any atom is -0.486 e. The fraction of sp³-hybridized carbons (Fsp3) is 0.480. The van der Waals surface area contributed by atoms with E-state index in [1.54, 1.807) is 16.5 Å². The molecule has 190 valence electrons. The van der Waals surface area contributed by atoms with Crippen LogP contribution in [-0.4, -0.2) is 46.2 Å². The summed E-state index contributed by atoms with van der Waals surface area (Å²) >= 11 is 6.39. The predicted octanol–water partition coefficient (Wildman–Crippen LogP) is 4.93. The predicted molar refractivity (Wildman–Crippen MR) is 136 cm³/mol. The van der Waals surface area contributed by atoms with Crippen molar-refractivity contribution >= 4 is 45.6 Å². The van der Waals surface area contributed by atoms with Gasteiger partial charge in [0.15, 0.2) is 5.82 Å². The van der Waals surface area contributed by atoms with Gasteiger partial charge in [0.25, 0.3) is 11.5 Å². The molecule has 0 unspecified atom stereocenters. The van der Waals surface area contributed by atoms with Crippen LogP contribution in [0.1, 0.15) is 32.1 Å². The average Bonchev–Trinajstić information content (AvgIpc) is 3.71. The second-order valence-corrected chi connectivity index (χ2v) is 10.3. The van der Waals surface area contributed by atoms with Crippen molar-refractivity contribution in [2.75, 3.05) is 35.2 Å². The number of anilines is 4. The quantitative estimate of drug-likeness (QED) is 0.508. The summed E-state index contributed by atoms with van der Waals surface area (Å²) in [4.78, 5) is 23.5. The Hall–Kier alpha value is -3.14. The molecule has 1 saturated carbocycles. The van der Waals surface area contributed by atoms with Gasteiger partial charge in [-0.05, 0) is 37.0 Å². The summed E-state index contributed by atoms with van der Waals surface area (Å²) < 4.78 is 34.7. The summed E-state index contributed by atoms with van der Waals surface area (Å²) in [6.07, 6.45) is 4.24. The van der Waals surface area contributed by atoms with Crippen LogP contribution < -0.4 is 25.8 Å². The number of hydrogen-bond donors (Lipinski definition) is 2. The lowest BCUT2D eigenvalue weighted by molar-refractivity contribution is -0.0222. The standard InChI is InChI=1S/C25H27ClF2N6O2/c1-33-19-5-4-15(12-16(19)20-21(23(33)35)36-11-6-18(31-20)14-2-3-14)30-22-17(26)13-29-24(32-22)34-9-7-25(27,28)8-10-34/h4-5,12-14,18,31H,2-3,6-11H2,1H3,(H,29,30,32)/t18-/m1/s1. The third-order valence-electron chi connectivity index (χ3n) is 7.32. The molecule has 0 radical (unpaired) electrons. The Labute approximate surface area is 211 Å². The number of halogens is 3. The Morgan fingerprint density at radius 1 is 1.22 bits per heavy atom. The summed E-state index contributed by atoms with van der Waals surface area (Å²) in [5, 5.41) is 8.03. The molecule has 0 spiro atoms. The molecule has 3 aromatic rings. The van der Waals surface area contributed by atoms with Gasteiger partial charge in [-0.1, -0.05) is 11.6 Å². The first-order chi connectivity index (χ1) is 17.3. The number of rotatable bonds is 4. The molecular weight excluding hydrogens is 490 g/mol. The van der Waals surface area contributed by atoms with E-state index in [0.717, 1.165) is 23.0 Å². The first kappa shape index (κ1) is 23.3. The van der Waals surface area contributed by atoms with E-state index in [-0.39, 0.29) is 37.5 Å². The highest BCUT2D eigenvalue weighted by atomic mass is 35.5. The van der Waals surface area contributed by atoms with Crippen LogP contribution in [0.4, 0.5) is 31.9 Å². The average molecular weight is 517 g/mol. The van der Waals surface area contributed by atoms with Crippen molar-refractivity contribution in [2.45, 2.75) is 44.1 Å². The molecule has 2 aromatic heterocycles. The van der Waals surface area contributed by atoms with E-state index in [4.69, 9.17) is 16.3 Å². The largest absolute Gasteiger partial charge is 0.486 e. The van der Waals surface area contributed by atoms with Crippen molar-refractivity contribution in [3.05, 3.63) is 39.8 Å². The zero-order valence-electron chi connectivity index (χ0n) is 19.9. The van der Waals surface area contributed by atoms with Crippen molar-refractivity contribution in [1.82, 2.24) is 14.5 Å². The van der Waals surface area contributed by atoms with Crippen LogP contribution in [0, 0.1) is 5.92 Å². The van der Waals surface area contributed by atoms with Gasteiger partial charge in [-0.25, -0.2) is 13.8 Å². The first-order valence-electron chi connectivity index (χ1n) is 12.3. The van der Waals surface area contributed by atoms with Gasteiger partial charge in [0.05, 0.1) is 24.0 Å². The smallest absolute Gasteiger partial charge is 0.295 e. The lowest BCUT2D eigenvalue weighted by atomic mass is 10.1. The SMILES string of the molecule is Cn1c(=O)c2c(c3cc(Nc4nc(N5CCC(F)(F)CC5)ncc4Cl)ccc31)N[C@@H](C1CC1)CCO2. The Bertz CT molecular complexity index is 1380. The van der Waals surface area contributed by atoms with Crippen molar-refractivity contribution in [2.24, 2.45) is 13.0 Å². The van der Waals surface area contributed by atoms with E-state index in [9.17, 15) is 13.6 Å². The van der Waals surface area contributed by atoms with E-state index in [0.29, 0.717) is 40.8 Å². The summed E-state index contributed by atoms with van der Waals surface area (Å²) in [6, 6.07) is 5.94. The van der Waals surface area contributed by atoms with Crippen LogP contribution >= 0.6 is 11.6 Å². The molecule has 2 fully saturated rings. The number of piperidine rings is 1. The number of ether oxygens (including phenoxy) is 1. The maximum Gasteiger partial charge on any atom is 0.295 e. The van der Waals surface area contributed by atoms with Crippen LogP contribution in [0.15, 0.2) is 29.2 Å². The minimum atomic E-state index is -2.65. The maximum atomic E-state index is 13.6. The second-order valence-electron chi connectivity index (χ2n) is 9.86. The number of alkyl halides is 2. The third-order valence-corrected chi connectivity index (χ3v) is 7.60. The summed E-state index contributed by atoms with van der Waals surface area (Å²) in [5.74, 6) is -0.961. The van der Waals surface area contributed by atoms with E-state index in [2.05, 4.69) is 20.6 Å². The maximum absolute atomic E-state index is 13.6. The normalized spacial score (nSPS) is 21.3. The zero-order chi connectivity index (χ0) is 25.0. The van der Waals surface area contributed by atoms with Crippen molar-refractivity contribution < 1.29 is 13.5 Å². The fourth-order valence-electron chi connectivity index (χ4n) is 5.04. The van der Waals surface area contributed by atoms with Crippen LogP contribution in [0.5, 0.6) is 5.75 Å². The van der Waals surface area contributed by atoms with Crippen molar-refractivity contribution in [1.29, 1.82) is 0 Å². The lowest BCUT2D eigenvalue weighted by Gasteiger charge is -2.31. The molecule has 1 saturated heterocycles. The number of aryl methyl sites for hydroxylation is 1. The van der Waals surface area contributed by atoms with Crippen molar-refractivity contribution in [3.63, 3.8) is 0 Å². The molecule has 11 heteroatoms. The third kappa shape index (κ3) is 4.31. The fourth-order valence-corrected chi connectivity index (χ4v) is 5.18. The Morgan fingerprint density at radius 3 is 2.75 bits per heavy atom. The van der Waals surface area contributed by atoms with Crippen molar-refractivity contribution in [3.8, 4) is 5.75 Å². The molecule has 3 aliphatic rings. The lowest BCUT2D eigenvalue weighted by Crippen LogP contribution is -2.40. The molecule has 1 aromatic carbocycles. The van der Waals surface area contributed by atoms with Crippen LogP contribution in [-0.2, 0) is 7.05 Å². The van der Waals surface area contributed by atoms with Gasteiger partial charge >= 0.3 is 0 Å². The summed E-state index contributed by atoms with van der Waals surface area (Å²) in [6.45, 7) is 0.859. The van der Waals surface area contributed by atoms with Gasteiger partial charge in [-0.2, -0.15) is 4.98 Å². The summed E-state index contributed by atoms with van der Waals surface area (Å²) in [5.41, 5.74) is 2.04. The van der Waals surface area contributed by atoms with Gasteiger partial charge in [-0.3, -0.25) is 4.79 Å². The first-order valence-corrected chi connectivity index (χ1v) is 12.7. The van der Waals surface area contributed by atoms with Crippen LogP contribution in [0.3, 0.4) is 0 Å². The number of pyridine rings is 1. The molecule has 0 amide bonds. The highest BCUT2D eigenvalue weighted by Crippen LogP contribution is 2.41. The highest BCUT2D eigenvalue weighted by molar-refractivity contribution is 6.32. The van der Waals surface area contributed by atoms with Gasteiger partial charge in [0.1, 0.15) is 5.02 Å². The molecule has 36 heavy (non-hydrogen) atoms. The molecule has 4 heterocycles. The van der Waals surface area contributed by atoms with E-state index >= 15 is 0 Å². The monoisotopic (exact) mass is 516 g/mol. The molecule has 2 N–H and O–H groups in total. The van der Waals surface area contributed by atoms with Gasteiger partial charge in [0, 0.05) is 56.5 Å². The topological polar surface area (TPSA) is 84.3 Å². The van der Waals surface area contributed by atoms with Gasteiger partial charge in [-0.15, -0.1) is 0 Å². The number of nitrogens with one attached hydrogen (secondary N) is 2. The Kier molecular flexibility index (Phi) is 5.66. The number of nitrogens with zero attached hydrogens (tertiary/aromatic N) is 4. The van der Waals surface area contributed by atoms with Crippen LogP contribution in [0.25, 0.3) is 10.9 Å². The van der Waals surface area contributed by atoms with Gasteiger partial charge in [0.2, 0.25) is 11.7 Å². The Morgan fingerprint density at radius 2 is 2.00 bits per heavy atom. The Balaban J connectivity index is 1.35.